The van der Waals surface area contributed by atoms with Crippen molar-refractivity contribution in [3.63, 3.8) is 0 Å². The molecule has 5 heteroatoms. The average Bonchev–Trinajstić information content (AvgIpc) is 2.35. The van der Waals surface area contributed by atoms with Crippen LogP contribution in [0, 0.1) is 20.8 Å². The fourth-order valence-corrected chi connectivity index (χ4v) is 1.75. The second-order valence-electron chi connectivity index (χ2n) is 4.61. The van der Waals surface area contributed by atoms with Crippen LogP contribution in [0.4, 0.5) is 13.2 Å². The summed E-state index contributed by atoms with van der Waals surface area (Å²) in [6, 6.07) is 6.32. The van der Waals surface area contributed by atoms with Crippen molar-refractivity contribution in [2.45, 2.75) is 26.9 Å². The Bertz CT molecular complexity index is 595. The predicted octanol–water partition coefficient (Wildman–Crippen LogP) is 4.82. The van der Waals surface area contributed by atoms with Gasteiger partial charge < -0.3 is 4.74 Å². The van der Waals surface area contributed by atoms with E-state index in [1.54, 1.807) is 6.07 Å². The zero-order valence-electron chi connectivity index (χ0n) is 11.4. The first kappa shape index (κ1) is 14.4. The Morgan fingerprint density at radius 2 is 1.60 bits per heavy atom. The van der Waals surface area contributed by atoms with Crippen molar-refractivity contribution in [1.29, 1.82) is 0 Å². The van der Waals surface area contributed by atoms with Gasteiger partial charge >= 0.3 is 6.18 Å². The molecule has 1 heterocycles. The molecule has 0 radical (unpaired) electrons. The summed E-state index contributed by atoms with van der Waals surface area (Å²) in [4.78, 5) is 4.26. The maximum Gasteiger partial charge on any atom is 0.416 e. The summed E-state index contributed by atoms with van der Waals surface area (Å²) < 4.78 is 42.8. The molecule has 2 rings (SSSR count). The molecule has 1 aromatic carbocycles. The molecular weight excluding hydrogens is 267 g/mol. The molecule has 0 unspecified atom stereocenters. The Hall–Kier alpha value is -2.04. The van der Waals surface area contributed by atoms with Crippen LogP contribution in [0.1, 0.15) is 22.4 Å². The van der Waals surface area contributed by atoms with E-state index in [0.717, 1.165) is 29.0 Å². The highest BCUT2D eigenvalue weighted by molar-refractivity contribution is 5.36. The van der Waals surface area contributed by atoms with E-state index in [0.29, 0.717) is 11.6 Å². The molecule has 0 saturated carbocycles. The Morgan fingerprint density at radius 1 is 1.00 bits per heavy atom. The van der Waals surface area contributed by atoms with E-state index in [4.69, 9.17) is 4.74 Å². The second-order valence-corrected chi connectivity index (χ2v) is 4.61. The number of aromatic nitrogens is 1. The second kappa shape index (κ2) is 5.15. The Kier molecular flexibility index (Phi) is 3.70. The lowest BCUT2D eigenvalue weighted by Gasteiger charge is -2.10. The minimum atomic E-state index is -4.34. The number of alkyl halides is 3. The Morgan fingerprint density at radius 3 is 2.10 bits per heavy atom. The van der Waals surface area contributed by atoms with Gasteiger partial charge in [0.1, 0.15) is 5.75 Å². The summed E-state index contributed by atoms with van der Waals surface area (Å²) in [7, 11) is 0. The lowest BCUT2D eigenvalue weighted by atomic mass is 10.1. The van der Waals surface area contributed by atoms with Crippen LogP contribution in [-0.4, -0.2) is 4.98 Å². The third kappa shape index (κ3) is 3.10. The number of nitrogens with zero attached hydrogens (tertiary/aromatic N) is 1. The van der Waals surface area contributed by atoms with Crippen molar-refractivity contribution in [2.75, 3.05) is 0 Å². The molecule has 0 aliphatic carbocycles. The van der Waals surface area contributed by atoms with E-state index < -0.39 is 11.7 Å². The third-order valence-corrected chi connectivity index (χ3v) is 3.16. The summed E-state index contributed by atoms with van der Waals surface area (Å²) >= 11 is 0. The van der Waals surface area contributed by atoms with Crippen molar-refractivity contribution in [3.8, 4) is 11.6 Å². The molecule has 0 aliphatic heterocycles. The number of hydrogen-bond donors (Lipinski definition) is 0. The average molecular weight is 281 g/mol. The molecule has 20 heavy (non-hydrogen) atoms. The molecule has 0 bridgehead atoms. The van der Waals surface area contributed by atoms with E-state index in [9.17, 15) is 13.2 Å². The number of rotatable bonds is 2. The minimum absolute atomic E-state index is 0.327. The number of aryl methyl sites for hydroxylation is 2. The molecule has 2 nitrogen and oxygen atoms in total. The van der Waals surface area contributed by atoms with Gasteiger partial charge in [0.15, 0.2) is 0 Å². The van der Waals surface area contributed by atoms with Crippen molar-refractivity contribution < 1.29 is 17.9 Å². The van der Waals surface area contributed by atoms with Crippen LogP contribution in [0.15, 0.2) is 30.3 Å². The first-order valence-corrected chi connectivity index (χ1v) is 6.07. The van der Waals surface area contributed by atoms with Gasteiger partial charge in [-0.05, 0) is 56.2 Å². The number of halogens is 3. The fourth-order valence-electron chi connectivity index (χ4n) is 1.75. The fraction of sp³-hybridized carbons (Fsp3) is 0.267. The summed E-state index contributed by atoms with van der Waals surface area (Å²) in [5.74, 6) is 0.707. The first-order valence-electron chi connectivity index (χ1n) is 6.07. The monoisotopic (exact) mass is 281 g/mol. The third-order valence-electron chi connectivity index (χ3n) is 3.16. The molecule has 1 aromatic heterocycles. The number of hydrogen-bond acceptors (Lipinski definition) is 2. The van der Waals surface area contributed by atoms with Crippen molar-refractivity contribution in [3.05, 3.63) is 52.7 Å². The van der Waals surface area contributed by atoms with Crippen LogP contribution in [0.25, 0.3) is 0 Å². The van der Waals surface area contributed by atoms with E-state index in [1.165, 1.54) is 12.1 Å². The SMILES string of the molecule is Cc1cc(Oc2ccc(C(F)(F)F)cc2)nc(C)c1C. The lowest BCUT2D eigenvalue weighted by molar-refractivity contribution is -0.137. The zero-order valence-corrected chi connectivity index (χ0v) is 11.4. The van der Waals surface area contributed by atoms with Gasteiger partial charge in [-0.2, -0.15) is 13.2 Å². The molecule has 0 fully saturated rings. The predicted molar refractivity (Wildman–Crippen MR) is 70.0 cm³/mol. The first-order chi connectivity index (χ1) is 9.27. The van der Waals surface area contributed by atoms with Crippen LogP contribution >= 0.6 is 0 Å². The maximum atomic E-state index is 12.4. The van der Waals surface area contributed by atoms with E-state index >= 15 is 0 Å². The van der Waals surface area contributed by atoms with Gasteiger partial charge in [0.25, 0.3) is 0 Å². The van der Waals surface area contributed by atoms with Gasteiger partial charge in [-0.25, -0.2) is 4.98 Å². The van der Waals surface area contributed by atoms with Gasteiger partial charge in [-0.3, -0.25) is 0 Å². The van der Waals surface area contributed by atoms with Crippen molar-refractivity contribution in [2.24, 2.45) is 0 Å². The standard InChI is InChI=1S/C15H14F3NO/c1-9-8-14(19-11(3)10(9)2)20-13-6-4-12(5-7-13)15(16,17)18/h4-8H,1-3H3. The number of benzene rings is 1. The summed E-state index contributed by atoms with van der Waals surface area (Å²) in [5.41, 5.74) is 2.24. The molecule has 0 atom stereocenters. The van der Waals surface area contributed by atoms with E-state index in [-0.39, 0.29) is 0 Å². The highest BCUT2D eigenvalue weighted by Gasteiger charge is 2.30. The van der Waals surface area contributed by atoms with Crippen LogP contribution in [0.3, 0.4) is 0 Å². The molecule has 0 amide bonds. The number of ether oxygens (including phenoxy) is 1. The van der Waals surface area contributed by atoms with Crippen LogP contribution in [0.2, 0.25) is 0 Å². The van der Waals surface area contributed by atoms with Crippen molar-refractivity contribution >= 4 is 0 Å². The maximum absolute atomic E-state index is 12.4. The van der Waals surface area contributed by atoms with Crippen LogP contribution < -0.4 is 4.74 Å². The van der Waals surface area contributed by atoms with E-state index in [2.05, 4.69) is 4.98 Å². The highest BCUT2D eigenvalue weighted by Crippen LogP contribution is 2.31. The zero-order chi connectivity index (χ0) is 14.9. The molecule has 0 N–H and O–H groups in total. The molecule has 2 aromatic rings. The van der Waals surface area contributed by atoms with Gasteiger partial charge in [0, 0.05) is 11.8 Å². The van der Waals surface area contributed by atoms with E-state index in [1.807, 2.05) is 20.8 Å². The van der Waals surface area contributed by atoms with Crippen LogP contribution in [0.5, 0.6) is 11.6 Å². The van der Waals surface area contributed by atoms with Crippen molar-refractivity contribution in [1.82, 2.24) is 4.98 Å². The van der Waals surface area contributed by atoms with Gasteiger partial charge in [-0.15, -0.1) is 0 Å². The van der Waals surface area contributed by atoms with Crippen LogP contribution in [-0.2, 0) is 6.18 Å². The smallest absolute Gasteiger partial charge is 0.416 e. The highest BCUT2D eigenvalue weighted by atomic mass is 19.4. The molecular formula is C15H14F3NO. The Labute approximate surface area is 115 Å². The lowest BCUT2D eigenvalue weighted by Crippen LogP contribution is -2.04. The largest absolute Gasteiger partial charge is 0.439 e. The quantitative estimate of drug-likeness (QED) is 0.787. The molecule has 0 spiro atoms. The molecule has 0 aliphatic rings. The summed E-state index contributed by atoms with van der Waals surface area (Å²) in [5, 5.41) is 0. The van der Waals surface area contributed by atoms with Gasteiger partial charge in [-0.1, -0.05) is 0 Å². The van der Waals surface area contributed by atoms with Gasteiger partial charge in [0.05, 0.1) is 5.56 Å². The van der Waals surface area contributed by atoms with Gasteiger partial charge in [0.2, 0.25) is 5.88 Å². The normalized spacial score (nSPS) is 11.5. The Balaban J connectivity index is 2.23. The number of pyridine rings is 1. The molecule has 0 saturated heterocycles. The molecule has 106 valence electrons. The topological polar surface area (TPSA) is 22.1 Å². The summed E-state index contributed by atoms with van der Waals surface area (Å²) in [6.45, 7) is 5.76. The summed E-state index contributed by atoms with van der Waals surface area (Å²) in [6.07, 6.45) is -4.34. The minimum Gasteiger partial charge on any atom is -0.439 e.